The zero-order valence-corrected chi connectivity index (χ0v) is 10.2. The molecule has 1 amide bonds. The second-order valence-corrected chi connectivity index (χ2v) is 4.25. The van der Waals surface area contributed by atoms with Gasteiger partial charge in [0.2, 0.25) is 0 Å². The van der Waals surface area contributed by atoms with Crippen molar-refractivity contribution >= 4 is 23.2 Å². The molecule has 0 saturated heterocycles. The van der Waals surface area contributed by atoms with Crippen LogP contribution >= 0.6 is 11.3 Å². The number of hydrogen-bond acceptors (Lipinski definition) is 4. The van der Waals surface area contributed by atoms with Crippen molar-refractivity contribution in [2.75, 3.05) is 13.2 Å². The quantitative estimate of drug-likeness (QED) is 0.638. The molecule has 0 unspecified atom stereocenters. The highest BCUT2D eigenvalue weighted by Crippen LogP contribution is 2.15. The van der Waals surface area contributed by atoms with E-state index < -0.39 is 11.9 Å². The minimum absolute atomic E-state index is 0.219. The predicted octanol–water partition coefficient (Wildman–Crippen LogP) is 1.28. The molecule has 88 valence electrons. The summed E-state index contributed by atoms with van der Waals surface area (Å²) >= 11 is 1.65. The highest BCUT2D eigenvalue weighted by molar-refractivity contribution is 7.10. The van der Waals surface area contributed by atoms with E-state index in [4.69, 9.17) is 0 Å². The second-order valence-electron chi connectivity index (χ2n) is 3.25. The lowest BCUT2D eigenvalue weighted by Crippen LogP contribution is -2.33. The van der Waals surface area contributed by atoms with Gasteiger partial charge in [-0.1, -0.05) is 0 Å². The average molecular weight is 241 g/mol. The van der Waals surface area contributed by atoms with Gasteiger partial charge in [0.15, 0.2) is 0 Å². The zero-order valence-electron chi connectivity index (χ0n) is 9.41. The van der Waals surface area contributed by atoms with Crippen molar-refractivity contribution in [3.05, 3.63) is 21.9 Å². The first-order valence-corrected chi connectivity index (χ1v) is 6.01. The van der Waals surface area contributed by atoms with E-state index in [-0.39, 0.29) is 6.61 Å². The lowest BCUT2D eigenvalue weighted by molar-refractivity contribution is -0.154. The summed E-state index contributed by atoms with van der Waals surface area (Å²) in [6, 6.07) is 2.03. The highest BCUT2D eigenvalue weighted by Gasteiger charge is 2.13. The molecule has 0 aromatic carbocycles. The van der Waals surface area contributed by atoms with E-state index in [2.05, 4.69) is 10.1 Å². The number of aryl methyl sites for hydroxylation is 1. The number of esters is 1. The Bertz CT molecular complexity index is 373. The molecule has 0 aliphatic heterocycles. The SMILES string of the molecule is CCOC(=O)C(=O)NCCc1sccc1C. The first-order valence-electron chi connectivity index (χ1n) is 5.13. The number of carbonyl (C=O) groups is 2. The van der Waals surface area contributed by atoms with Gasteiger partial charge in [0, 0.05) is 11.4 Å². The Morgan fingerprint density at radius 3 is 2.81 bits per heavy atom. The second kappa shape index (κ2) is 6.27. The minimum Gasteiger partial charge on any atom is -0.459 e. The summed E-state index contributed by atoms with van der Waals surface area (Å²) in [5, 5.41) is 4.54. The van der Waals surface area contributed by atoms with Gasteiger partial charge >= 0.3 is 11.9 Å². The summed E-state index contributed by atoms with van der Waals surface area (Å²) in [7, 11) is 0. The summed E-state index contributed by atoms with van der Waals surface area (Å²) in [6.45, 7) is 4.37. The molecule has 1 aromatic rings. The van der Waals surface area contributed by atoms with Gasteiger partial charge in [0.25, 0.3) is 0 Å². The largest absolute Gasteiger partial charge is 0.459 e. The summed E-state index contributed by atoms with van der Waals surface area (Å²) in [5.41, 5.74) is 1.22. The first kappa shape index (κ1) is 12.7. The number of ether oxygens (including phenoxy) is 1. The number of thiophene rings is 1. The van der Waals surface area contributed by atoms with Crippen molar-refractivity contribution in [3.8, 4) is 0 Å². The molecule has 0 bridgehead atoms. The maximum Gasteiger partial charge on any atom is 0.396 e. The fraction of sp³-hybridized carbons (Fsp3) is 0.455. The maximum absolute atomic E-state index is 11.2. The molecule has 0 saturated carbocycles. The Hall–Kier alpha value is -1.36. The van der Waals surface area contributed by atoms with Crippen molar-refractivity contribution in [1.29, 1.82) is 0 Å². The smallest absolute Gasteiger partial charge is 0.396 e. The zero-order chi connectivity index (χ0) is 12.0. The van der Waals surface area contributed by atoms with E-state index in [0.717, 1.165) is 6.42 Å². The Labute approximate surface area is 98.6 Å². The van der Waals surface area contributed by atoms with Crippen LogP contribution in [0.2, 0.25) is 0 Å². The van der Waals surface area contributed by atoms with Gasteiger partial charge in [-0.05, 0) is 37.3 Å². The Kier molecular flexibility index (Phi) is 4.98. The van der Waals surface area contributed by atoms with E-state index in [0.29, 0.717) is 6.54 Å². The Balaban J connectivity index is 2.28. The molecule has 1 aromatic heterocycles. The Morgan fingerprint density at radius 2 is 2.25 bits per heavy atom. The van der Waals surface area contributed by atoms with Crippen LogP contribution in [0.15, 0.2) is 11.4 Å². The topological polar surface area (TPSA) is 55.4 Å². The molecule has 16 heavy (non-hydrogen) atoms. The molecule has 4 nitrogen and oxygen atoms in total. The van der Waals surface area contributed by atoms with E-state index in [1.165, 1.54) is 10.4 Å². The Morgan fingerprint density at radius 1 is 1.50 bits per heavy atom. The predicted molar refractivity (Wildman–Crippen MR) is 62.4 cm³/mol. The molecular formula is C11H15NO3S. The molecule has 0 aliphatic carbocycles. The summed E-state index contributed by atoms with van der Waals surface area (Å²) in [6.07, 6.45) is 0.745. The van der Waals surface area contributed by atoms with Crippen LogP contribution in [-0.4, -0.2) is 25.0 Å². The van der Waals surface area contributed by atoms with Crippen molar-refractivity contribution in [2.24, 2.45) is 0 Å². The number of rotatable bonds is 4. The molecule has 0 spiro atoms. The van der Waals surface area contributed by atoms with Crippen molar-refractivity contribution in [1.82, 2.24) is 5.32 Å². The van der Waals surface area contributed by atoms with Gasteiger partial charge < -0.3 is 10.1 Å². The van der Waals surface area contributed by atoms with E-state index in [9.17, 15) is 9.59 Å². The highest BCUT2D eigenvalue weighted by atomic mass is 32.1. The van der Waals surface area contributed by atoms with Gasteiger partial charge in [-0.3, -0.25) is 4.79 Å². The van der Waals surface area contributed by atoms with Crippen LogP contribution in [0.1, 0.15) is 17.4 Å². The van der Waals surface area contributed by atoms with Crippen LogP contribution in [0.5, 0.6) is 0 Å². The third kappa shape index (κ3) is 3.66. The van der Waals surface area contributed by atoms with E-state index in [1.807, 2.05) is 18.4 Å². The number of nitrogens with one attached hydrogen (secondary N) is 1. The third-order valence-corrected chi connectivity index (χ3v) is 3.15. The molecule has 0 radical (unpaired) electrons. The van der Waals surface area contributed by atoms with Gasteiger partial charge in [-0.15, -0.1) is 11.3 Å². The van der Waals surface area contributed by atoms with E-state index >= 15 is 0 Å². The lowest BCUT2D eigenvalue weighted by atomic mass is 10.2. The molecule has 5 heteroatoms. The molecule has 1 N–H and O–H groups in total. The fourth-order valence-electron chi connectivity index (χ4n) is 1.22. The van der Waals surface area contributed by atoms with Gasteiger partial charge in [-0.2, -0.15) is 0 Å². The normalized spacial score (nSPS) is 9.88. The van der Waals surface area contributed by atoms with Crippen LogP contribution in [0, 0.1) is 6.92 Å². The van der Waals surface area contributed by atoms with Crippen LogP contribution in [-0.2, 0) is 20.7 Å². The van der Waals surface area contributed by atoms with Crippen LogP contribution in [0.3, 0.4) is 0 Å². The summed E-state index contributed by atoms with van der Waals surface area (Å²) in [4.78, 5) is 23.4. The minimum atomic E-state index is -0.814. The molecule has 1 rings (SSSR count). The van der Waals surface area contributed by atoms with Gasteiger partial charge in [-0.25, -0.2) is 4.79 Å². The van der Waals surface area contributed by atoms with Gasteiger partial charge in [0.1, 0.15) is 0 Å². The van der Waals surface area contributed by atoms with Gasteiger partial charge in [0.05, 0.1) is 6.61 Å². The summed E-state index contributed by atoms with van der Waals surface area (Å²) < 4.78 is 4.57. The average Bonchev–Trinajstić information content (AvgIpc) is 2.65. The lowest BCUT2D eigenvalue weighted by Gasteiger charge is -2.04. The monoisotopic (exact) mass is 241 g/mol. The molecular weight excluding hydrogens is 226 g/mol. The van der Waals surface area contributed by atoms with Crippen LogP contribution in [0.25, 0.3) is 0 Å². The third-order valence-electron chi connectivity index (χ3n) is 2.07. The summed E-state index contributed by atoms with van der Waals surface area (Å²) in [5.74, 6) is -1.48. The van der Waals surface area contributed by atoms with E-state index in [1.54, 1.807) is 18.3 Å². The number of amides is 1. The van der Waals surface area contributed by atoms with Crippen LogP contribution < -0.4 is 5.32 Å². The van der Waals surface area contributed by atoms with Crippen LogP contribution in [0.4, 0.5) is 0 Å². The van der Waals surface area contributed by atoms with Crippen molar-refractivity contribution in [3.63, 3.8) is 0 Å². The van der Waals surface area contributed by atoms with Crippen molar-refractivity contribution in [2.45, 2.75) is 20.3 Å². The maximum atomic E-state index is 11.2. The molecule has 1 heterocycles. The molecule has 0 fully saturated rings. The first-order chi connectivity index (χ1) is 7.65. The number of carbonyl (C=O) groups excluding carboxylic acids is 2. The molecule has 0 aliphatic rings. The molecule has 0 atom stereocenters. The van der Waals surface area contributed by atoms with Crippen molar-refractivity contribution < 1.29 is 14.3 Å². The standard InChI is InChI=1S/C11H15NO3S/c1-3-15-11(14)10(13)12-6-4-9-8(2)5-7-16-9/h5,7H,3-4,6H2,1-2H3,(H,12,13). The number of hydrogen-bond donors (Lipinski definition) is 1. The fourth-order valence-corrected chi connectivity index (χ4v) is 2.13.